The SMILES string of the molecule is CCNC(=NCc1nc(C)c(C)o1)N1CCC(C)CC1. The minimum Gasteiger partial charge on any atom is -0.444 e. The maximum absolute atomic E-state index is 5.58. The van der Waals surface area contributed by atoms with Crippen molar-refractivity contribution >= 4 is 5.96 Å². The van der Waals surface area contributed by atoms with E-state index in [0.29, 0.717) is 12.4 Å². The first-order valence-corrected chi connectivity index (χ1v) is 7.56. The third kappa shape index (κ3) is 3.74. The Hall–Kier alpha value is -1.52. The Morgan fingerprint density at radius 3 is 2.65 bits per heavy atom. The second-order valence-electron chi connectivity index (χ2n) is 5.59. The fourth-order valence-electron chi connectivity index (χ4n) is 2.40. The molecule has 2 heterocycles. The maximum atomic E-state index is 5.58. The highest BCUT2D eigenvalue weighted by atomic mass is 16.4. The molecule has 112 valence electrons. The molecule has 0 unspecified atom stereocenters. The lowest BCUT2D eigenvalue weighted by Crippen LogP contribution is -2.45. The van der Waals surface area contributed by atoms with Crippen LogP contribution in [0.3, 0.4) is 0 Å². The van der Waals surface area contributed by atoms with Crippen LogP contribution >= 0.6 is 0 Å². The Balaban J connectivity index is 2.01. The van der Waals surface area contributed by atoms with E-state index >= 15 is 0 Å². The highest BCUT2D eigenvalue weighted by Gasteiger charge is 2.18. The van der Waals surface area contributed by atoms with Gasteiger partial charge in [-0.3, -0.25) is 0 Å². The molecular weight excluding hydrogens is 252 g/mol. The number of hydrogen-bond acceptors (Lipinski definition) is 3. The summed E-state index contributed by atoms with van der Waals surface area (Å²) in [6.07, 6.45) is 2.48. The Bertz CT molecular complexity index is 439. The zero-order valence-electron chi connectivity index (χ0n) is 13.1. The van der Waals surface area contributed by atoms with Gasteiger partial charge in [-0.15, -0.1) is 0 Å². The van der Waals surface area contributed by atoms with E-state index in [1.807, 2.05) is 13.8 Å². The van der Waals surface area contributed by atoms with Gasteiger partial charge in [0, 0.05) is 19.6 Å². The van der Waals surface area contributed by atoms with Crippen LogP contribution in [0.4, 0.5) is 0 Å². The number of oxazole rings is 1. The summed E-state index contributed by atoms with van der Waals surface area (Å²) in [7, 11) is 0. The molecule has 0 saturated carbocycles. The third-order valence-electron chi connectivity index (χ3n) is 3.85. The summed E-state index contributed by atoms with van der Waals surface area (Å²) in [5.41, 5.74) is 0.951. The Morgan fingerprint density at radius 2 is 2.10 bits per heavy atom. The minimum atomic E-state index is 0.503. The maximum Gasteiger partial charge on any atom is 0.216 e. The predicted molar refractivity (Wildman–Crippen MR) is 80.8 cm³/mol. The molecule has 1 aromatic heterocycles. The van der Waals surface area contributed by atoms with Crippen molar-refractivity contribution in [3.8, 4) is 0 Å². The van der Waals surface area contributed by atoms with Gasteiger partial charge in [-0.25, -0.2) is 9.98 Å². The van der Waals surface area contributed by atoms with Crippen LogP contribution < -0.4 is 5.32 Å². The van der Waals surface area contributed by atoms with Crippen molar-refractivity contribution < 1.29 is 4.42 Å². The van der Waals surface area contributed by atoms with Crippen molar-refractivity contribution in [1.29, 1.82) is 0 Å². The van der Waals surface area contributed by atoms with Gasteiger partial charge < -0.3 is 14.6 Å². The molecule has 0 radical (unpaired) electrons. The fourth-order valence-corrected chi connectivity index (χ4v) is 2.40. The van der Waals surface area contributed by atoms with E-state index in [1.54, 1.807) is 0 Å². The monoisotopic (exact) mass is 278 g/mol. The van der Waals surface area contributed by atoms with Gasteiger partial charge >= 0.3 is 0 Å². The standard InChI is InChI=1S/C15H26N4O/c1-5-16-15(19-8-6-11(2)7-9-19)17-10-14-18-12(3)13(4)20-14/h11H,5-10H2,1-4H3,(H,16,17). The number of likely N-dealkylation sites (tertiary alicyclic amines) is 1. The van der Waals surface area contributed by atoms with Crippen molar-refractivity contribution in [2.24, 2.45) is 10.9 Å². The average Bonchev–Trinajstić information content (AvgIpc) is 2.75. The van der Waals surface area contributed by atoms with Crippen LogP contribution in [-0.4, -0.2) is 35.5 Å². The topological polar surface area (TPSA) is 53.7 Å². The highest BCUT2D eigenvalue weighted by molar-refractivity contribution is 5.80. The Morgan fingerprint density at radius 1 is 1.40 bits per heavy atom. The number of piperidine rings is 1. The van der Waals surface area contributed by atoms with E-state index in [0.717, 1.165) is 43.0 Å². The van der Waals surface area contributed by atoms with Crippen LogP contribution in [0.25, 0.3) is 0 Å². The number of aryl methyl sites for hydroxylation is 2. The molecule has 1 aromatic rings. The molecule has 0 aliphatic carbocycles. The summed E-state index contributed by atoms with van der Waals surface area (Å²) in [5, 5.41) is 3.37. The molecule has 0 aromatic carbocycles. The van der Waals surface area contributed by atoms with Gasteiger partial charge in [0.1, 0.15) is 12.3 Å². The zero-order chi connectivity index (χ0) is 14.5. The molecule has 5 nitrogen and oxygen atoms in total. The van der Waals surface area contributed by atoms with Gasteiger partial charge in [0.15, 0.2) is 5.96 Å². The zero-order valence-corrected chi connectivity index (χ0v) is 13.1. The molecule has 1 aliphatic heterocycles. The van der Waals surface area contributed by atoms with E-state index in [2.05, 4.69) is 34.0 Å². The Kier molecular flexibility index (Phi) is 5.04. The number of nitrogens with zero attached hydrogens (tertiary/aromatic N) is 3. The van der Waals surface area contributed by atoms with E-state index in [1.165, 1.54) is 12.8 Å². The van der Waals surface area contributed by atoms with Crippen molar-refractivity contribution in [1.82, 2.24) is 15.2 Å². The molecule has 0 amide bonds. The first kappa shape index (κ1) is 14.9. The molecule has 1 fully saturated rings. The summed E-state index contributed by atoms with van der Waals surface area (Å²) in [5.74, 6) is 3.38. The molecule has 1 aliphatic rings. The van der Waals surface area contributed by atoms with Gasteiger partial charge in [0.2, 0.25) is 5.89 Å². The number of nitrogens with one attached hydrogen (secondary N) is 1. The molecule has 0 atom stereocenters. The number of hydrogen-bond donors (Lipinski definition) is 1. The number of guanidine groups is 1. The van der Waals surface area contributed by atoms with Crippen LogP contribution in [-0.2, 0) is 6.54 Å². The lowest BCUT2D eigenvalue weighted by atomic mass is 10.00. The number of rotatable bonds is 3. The molecule has 0 bridgehead atoms. The minimum absolute atomic E-state index is 0.503. The third-order valence-corrected chi connectivity index (χ3v) is 3.85. The molecule has 2 rings (SSSR count). The second-order valence-corrected chi connectivity index (χ2v) is 5.59. The van der Waals surface area contributed by atoms with Gasteiger partial charge in [-0.1, -0.05) is 6.92 Å². The molecule has 5 heteroatoms. The smallest absolute Gasteiger partial charge is 0.216 e. The second kappa shape index (κ2) is 6.77. The van der Waals surface area contributed by atoms with Crippen LogP contribution in [0.5, 0.6) is 0 Å². The van der Waals surface area contributed by atoms with E-state index in [4.69, 9.17) is 4.42 Å². The quantitative estimate of drug-likeness (QED) is 0.682. The van der Waals surface area contributed by atoms with Gasteiger partial charge in [0.25, 0.3) is 0 Å². The summed E-state index contributed by atoms with van der Waals surface area (Å²) in [6.45, 7) is 11.9. The number of aromatic nitrogens is 1. The van der Waals surface area contributed by atoms with E-state index in [9.17, 15) is 0 Å². The summed E-state index contributed by atoms with van der Waals surface area (Å²) < 4.78 is 5.58. The molecule has 1 saturated heterocycles. The van der Waals surface area contributed by atoms with Crippen LogP contribution in [0, 0.1) is 19.8 Å². The first-order valence-electron chi connectivity index (χ1n) is 7.56. The summed E-state index contributed by atoms with van der Waals surface area (Å²) in [4.78, 5) is 11.4. The molecule has 0 spiro atoms. The van der Waals surface area contributed by atoms with Crippen LogP contribution in [0.15, 0.2) is 9.41 Å². The van der Waals surface area contributed by atoms with Crippen molar-refractivity contribution in [3.05, 3.63) is 17.3 Å². The van der Waals surface area contributed by atoms with Crippen LogP contribution in [0.1, 0.15) is 44.0 Å². The first-order chi connectivity index (χ1) is 9.60. The van der Waals surface area contributed by atoms with Gasteiger partial charge in [-0.2, -0.15) is 0 Å². The highest BCUT2D eigenvalue weighted by Crippen LogP contribution is 2.16. The van der Waals surface area contributed by atoms with Crippen molar-refractivity contribution in [3.63, 3.8) is 0 Å². The average molecular weight is 278 g/mol. The fraction of sp³-hybridized carbons (Fsp3) is 0.733. The van der Waals surface area contributed by atoms with Crippen molar-refractivity contribution in [2.45, 2.75) is 47.1 Å². The molecule has 20 heavy (non-hydrogen) atoms. The molecular formula is C15H26N4O. The summed E-state index contributed by atoms with van der Waals surface area (Å²) >= 11 is 0. The van der Waals surface area contributed by atoms with Crippen LogP contribution in [0.2, 0.25) is 0 Å². The molecule has 1 N–H and O–H groups in total. The predicted octanol–water partition coefficient (Wildman–Crippen LogP) is 2.49. The van der Waals surface area contributed by atoms with Gasteiger partial charge in [-0.05, 0) is 39.5 Å². The van der Waals surface area contributed by atoms with Crippen molar-refractivity contribution in [2.75, 3.05) is 19.6 Å². The lowest BCUT2D eigenvalue weighted by Gasteiger charge is -2.32. The van der Waals surface area contributed by atoms with Gasteiger partial charge in [0.05, 0.1) is 5.69 Å². The van der Waals surface area contributed by atoms with E-state index < -0.39 is 0 Å². The number of aliphatic imine (C=N–C) groups is 1. The lowest BCUT2D eigenvalue weighted by molar-refractivity contribution is 0.273. The summed E-state index contributed by atoms with van der Waals surface area (Å²) in [6, 6.07) is 0. The Labute approximate surface area is 121 Å². The largest absolute Gasteiger partial charge is 0.444 e. The normalized spacial score (nSPS) is 17.6. The van der Waals surface area contributed by atoms with E-state index in [-0.39, 0.29) is 0 Å².